The zero-order valence-corrected chi connectivity index (χ0v) is 16.8. The van der Waals surface area contributed by atoms with Gasteiger partial charge in [-0.3, -0.25) is 9.69 Å². The molecule has 0 N–H and O–H groups in total. The number of rotatable bonds is 4. The van der Waals surface area contributed by atoms with Gasteiger partial charge in [0.05, 0.1) is 11.7 Å². The minimum absolute atomic E-state index is 0.115. The van der Waals surface area contributed by atoms with Gasteiger partial charge in [0, 0.05) is 69.1 Å². The SMILES string of the molecule is CCc1ncc(CN2CCCC[C@@H]2c2ncc3c(n2)CCN(C(C)=O)C3)cn1. The van der Waals surface area contributed by atoms with Crippen LogP contribution in [0, 0.1) is 0 Å². The summed E-state index contributed by atoms with van der Waals surface area (Å²) in [5, 5.41) is 0. The van der Waals surface area contributed by atoms with E-state index in [-0.39, 0.29) is 11.9 Å². The van der Waals surface area contributed by atoms with Crippen LogP contribution >= 0.6 is 0 Å². The van der Waals surface area contributed by atoms with Gasteiger partial charge in [-0.2, -0.15) is 0 Å². The maximum Gasteiger partial charge on any atom is 0.219 e. The third-order valence-corrected chi connectivity index (χ3v) is 5.77. The Morgan fingerprint density at radius 1 is 1.14 bits per heavy atom. The Hall–Kier alpha value is -2.41. The van der Waals surface area contributed by atoms with Crippen molar-refractivity contribution < 1.29 is 4.79 Å². The lowest BCUT2D eigenvalue weighted by Gasteiger charge is -2.35. The zero-order valence-electron chi connectivity index (χ0n) is 16.8. The van der Waals surface area contributed by atoms with Crippen LogP contribution in [0.5, 0.6) is 0 Å². The highest BCUT2D eigenvalue weighted by Crippen LogP contribution is 2.31. The van der Waals surface area contributed by atoms with E-state index in [0.717, 1.165) is 67.4 Å². The smallest absolute Gasteiger partial charge is 0.219 e. The topological polar surface area (TPSA) is 75.1 Å². The van der Waals surface area contributed by atoms with E-state index in [1.807, 2.05) is 23.5 Å². The molecule has 2 aliphatic heterocycles. The molecular weight excluding hydrogens is 352 g/mol. The molecular formula is C21H28N6O. The van der Waals surface area contributed by atoms with Crippen LogP contribution < -0.4 is 0 Å². The highest BCUT2D eigenvalue weighted by molar-refractivity contribution is 5.73. The number of likely N-dealkylation sites (tertiary alicyclic amines) is 1. The Kier molecular flexibility index (Phi) is 5.62. The Labute approximate surface area is 166 Å². The molecule has 0 aliphatic carbocycles. The second-order valence-electron chi connectivity index (χ2n) is 7.73. The Morgan fingerprint density at radius 3 is 2.71 bits per heavy atom. The van der Waals surface area contributed by atoms with Crippen LogP contribution in [-0.2, 0) is 30.7 Å². The Balaban J connectivity index is 1.52. The lowest BCUT2D eigenvalue weighted by Crippen LogP contribution is -2.37. The first-order chi connectivity index (χ1) is 13.6. The third-order valence-electron chi connectivity index (χ3n) is 5.77. The van der Waals surface area contributed by atoms with Gasteiger partial charge in [-0.05, 0) is 19.4 Å². The number of amides is 1. The maximum absolute atomic E-state index is 11.6. The molecule has 0 spiro atoms. The van der Waals surface area contributed by atoms with Crippen molar-refractivity contribution in [2.45, 2.75) is 65.1 Å². The van der Waals surface area contributed by atoms with Crippen molar-refractivity contribution in [3.63, 3.8) is 0 Å². The normalized spacial score (nSPS) is 20.1. The standard InChI is InChI=1S/C21H28N6O/c1-3-20-22-10-16(11-23-20)13-27-8-5-4-6-19(27)21-24-12-17-14-26(15(2)28)9-7-18(17)25-21/h10-12,19H,3-9,13-14H2,1-2H3/t19-/m1/s1. The fraction of sp³-hybridized carbons (Fsp3) is 0.571. The molecule has 1 saturated heterocycles. The van der Waals surface area contributed by atoms with E-state index in [4.69, 9.17) is 9.97 Å². The number of fused-ring (bicyclic) bond motifs is 1. The van der Waals surface area contributed by atoms with Crippen LogP contribution in [-0.4, -0.2) is 48.7 Å². The van der Waals surface area contributed by atoms with Crippen LogP contribution in [0.25, 0.3) is 0 Å². The van der Waals surface area contributed by atoms with Crippen molar-refractivity contribution in [3.05, 3.63) is 47.1 Å². The van der Waals surface area contributed by atoms with Gasteiger partial charge in [0.25, 0.3) is 0 Å². The lowest BCUT2D eigenvalue weighted by molar-refractivity contribution is -0.129. The number of piperidine rings is 1. The maximum atomic E-state index is 11.6. The Morgan fingerprint density at radius 2 is 1.96 bits per heavy atom. The average Bonchev–Trinajstić information content (AvgIpc) is 2.74. The second kappa shape index (κ2) is 8.31. The first-order valence-electron chi connectivity index (χ1n) is 10.3. The number of hydrogen-bond donors (Lipinski definition) is 0. The highest BCUT2D eigenvalue weighted by atomic mass is 16.2. The fourth-order valence-corrected chi connectivity index (χ4v) is 4.11. The average molecular weight is 380 g/mol. The third kappa shape index (κ3) is 4.04. The summed E-state index contributed by atoms with van der Waals surface area (Å²) < 4.78 is 0. The molecule has 0 radical (unpaired) electrons. The molecule has 4 heterocycles. The molecule has 0 aromatic carbocycles. The number of carbonyl (C=O) groups is 1. The fourth-order valence-electron chi connectivity index (χ4n) is 4.11. The molecule has 2 aromatic heterocycles. The van der Waals surface area contributed by atoms with Crippen LogP contribution in [0.1, 0.15) is 67.6 Å². The van der Waals surface area contributed by atoms with E-state index in [1.165, 1.54) is 12.8 Å². The van der Waals surface area contributed by atoms with Crippen LogP contribution in [0.3, 0.4) is 0 Å². The van der Waals surface area contributed by atoms with E-state index < -0.39 is 0 Å². The molecule has 4 rings (SSSR count). The molecule has 0 saturated carbocycles. The first kappa shape index (κ1) is 18.9. The number of nitrogens with zero attached hydrogens (tertiary/aromatic N) is 6. The molecule has 1 amide bonds. The van der Waals surface area contributed by atoms with E-state index in [2.05, 4.69) is 21.8 Å². The molecule has 1 atom stereocenters. The van der Waals surface area contributed by atoms with Crippen LogP contribution in [0.4, 0.5) is 0 Å². The van der Waals surface area contributed by atoms with Gasteiger partial charge in [0.2, 0.25) is 5.91 Å². The molecule has 1 fully saturated rings. The summed E-state index contributed by atoms with van der Waals surface area (Å²) in [7, 11) is 0. The summed E-state index contributed by atoms with van der Waals surface area (Å²) in [6, 6.07) is 0.232. The predicted molar refractivity (Wildman–Crippen MR) is 105 cm³/mol. The minimum atomic E-state index is 0.115. The number of aromatic nitrogens is 4. The van der Waals surface area contributed by atoms with Gasteiger partial charge < -0.3 is 4.90 Å². The molecule has 2 aliphatic rings. The summed E-state index contributed by atoms with van der Waals surface area (Å²) >= 11 is 0. The van der Waals surface area contributed by atoms with Gasteiger partial charge in [0.1, 0.15) is 11.6 Å². The Bertz CT molecular complexity index is 837. The summed E-state index contributed by atoms with van der Waals surface area (Å²) in [6.07, 6.45) is 11.0. The molecule has 0 unspecified atom stereocenters. The van der Waals surface area contributed by atoms with E-state index in [9.17, 15) is 4.79 Å². The van der Waals surface area contributed by atoms with E-state index in [1.54, 1.807) is 6.92 Å². The number of carbonyl (C=O) groups excluding carboxylic acids is 1. The highest BCUT2D eigenvalue weighted by Gasteiger charge is 2.28. The molecule has 28 heavy (non-hydrogen) atoms. The summed E-state index contributed by atoms with van der Waals surface area (Å²) in [4.78, 5) is 34.5. The van der Waals surface area contributed by atoms with Crippen molar-refractivity contribution in [3.8, 4) is 0 Å². The van der Waals surface area contributed by atoms with Crippen molar-refractivity contribution in [1.82, 2.24) is 29.7 Å². The molecule has 7 nitrogen and oxygen atoms in total. The molecule has 0 bridgehead atoms. The van der Waals surface area contributed by atoms with E-state index >= 15 is 0 Å². The monoisotopic (exact) mass is 380 g/mol. The van der Waals surface area contributed by atoms with E-state index in [0.29, 0.717) is 6.54 Å². The van der Waals surface area contributed by atoms with Crippen molar-refractivity contribution >= 4 is 5.91 Å². The van der Waals surface area contributed by atoms with Crippen molar-refractivity contribution in [2.24, 2.45) is 0 Å². The molecule has 7 heteroatoms. The summed E-state index contributed by atoms with van der Waals surface area (Å²) in [5.74, 6) is 1.92. The lowest BCUT2D eigenvalue weighted by atomic mass is 10.00. The van der Waals surface area contributed by atoms with Gasteiger partial charge >= 0.3 is 0 Å². The summed E-state index contributed by atoms with van der Waals surface area (Å²) in [5.41, 5.74) is 3.32. The largest absolute Gasteiger partial charge is 0.338 e. The first-order valence-corrected chi connectivity index (χ1v) is 10.3. The summed E-state index contributed by atoms with van der Waals surface area (Å²) in [6.45, 7) is 6.93. The van der Waals surface area contributed by atoms with Gasteiger partial charge in [-0.1, -0.05) is 13.3 Å². The van der Waals surface area contributed by atoms with Crippen LogP contribution in [0.2, 0.25) is 0 Å². The van der Waals surface area contributed by atoms with Gasteiger partial charge in [-0.25, -0.2) is 19.9 Å². The van der Waals surface area contributed by atoms with Gasteiger partial charge in [0.15, 0.2) is 0 Å². The van der Waals surface area contributed by atoms with Crippen LogP contribution in [0.15, 0.2) is 18.6 Å². The second-order valence-corrected chi connectivity index (χ2v) is 7.73. The minimum Gasteiger partial charge on any atom is -0.338 e. The predicted octanol–water partition coefficient (Wildman–Crippen LogP) is 2.46. The number of aryl methyl sites for hydroxylation is 1. The quantitative estimate of drug-likeness (QED) is 0.811. The van der Waals surface area contributed by atoms with Crippen molar-refractivity contribution in [1.29, 1.82) is 0 Å². The molecule has 2 aromatic rings. The van der Waals surface area contributed by atoms with Gasteiger partial charge in [-0.15, -0.1) is 0 Å². The number of hydrogen-bond acceptors (Lipinski definition) is 6. The zero-order chi connectivity index (χ0) is 19.5. The van der Waals surface area contributed by atoms with Crippen molar-refractivity contribution in [2.75, 3.05) is 13.1 Å². The molecule has 148 valence electrons.